The molecule has 0 aromatic rings. The van der Waals surface area contributed by atoms with Crippen LogP contribution in [0.25, 0.3) is 0 Å². The third kappa shape index (κ3) is 3.25. The highest BCUT2D eigenvalue weighted by Gasteiger charge is 2.38. The molecule has 98 valence electrons. The lowest BCUT2D eigenvalue weighted by molar-refractivity contribution is -0.124. The van der Waals surface area contributed by atoms with Gasteiger partial charge in [0.1, 0.15) is 5.78 Å². The van der Waals surface area contributed by atoms with E-state index in [2.05, 4.69) is 18.1 Å². The molecule has 1 aliphatic carbocycles. The van der Waals surface area contributed by atoms with Gasteiger partial charge in [-0.25, -0.2) is 0 Å². The second-order valence-corrected chi connectivity index (χ2v) is 6.57. The quantitative estimate of drug-likeness (QED) is 0.770. The summed E-state index contributed by atoms with van der Waals surface area (Å²) in [6.07, 6.45) is 7.53. The zero-order chi connectivity index (χ0) is 12.3. The number of hydrogen-bond acceptors (Lipinski definition) is 3. The average Bonchev–Trinajstić information content (AvgIpc) is 2.29. The van der Waals surface area contributed by atoms with Crippen molar-refractivity contribution in [2.24, 2.45) is 11.8 Å². The van der Waals surface area contributed by atoms with Crippen molar-refractivity contribution < 1.29 is 4.79 Å². The number of fused-ring (bicyclic) bond motifs is 1. The lowest BCUT2D eigenvalue weighted by Crippen LogP contribution is -2.51. The van der Waals surface area contributed by atoms with E-state index in [-0.39, 0.29) is 0 Å². The monoisotopic (exact) mass is 255 g/mol. The van der Waals surface area contributed by atoms with Gasteiger partial charge < -0.3 is 0 Å². The van der Waals surface area contributed by atoms with Crippen LogP contribution in [-0.4, -0.2) is 41.8 Å². The van der Waals surface area contributed by atoms with Crippen molar-refractivity contribution in [3.63, 3.8) is 0 Å². The van der Waals surface area contributed by atoms with Gasteiger partial charge in [0.15, 0.2) is 0 Å². The third-order valence-corrected chi connectivity index (χ3v) is 5.07. The van der Waals surface area contributed by atoms with Crippen LogP contribution in [0.3, 0.4) is 0 Å². The molecular weight excluding hydrogens is 230 g/mol. The van der Waals surface area contributed by atoms with Gasteiger partial charge in [0.05, 0.1) is 0 Å². The molecule has 2 aliphatic rings. The summed E-state index contributed by atoms with van der Waals surface area (Å²) in [6.45, 7) is 4.76. The normalized spacial score (nSPS) is 34.7. The van der Waals surface area contributed by atoms with Crippen molar-refractivity contribution in [2.75, 3.05) is 25.1 Å². The highest BCUT2D eigenvalue weighted by atomic mass is 32.2. The van der Waals surface area contributed by atoms with Crippen LogP contribution in [0.1, 0.15) is 39.0 Å². The van der Waals surface area contributed by atoms with Crippen molar-refractivity contribution in [1.29, 1.82) is 0 Å². The van der Waals surface area contributed by atoms with Crippen molar-refractivity contribution in [3.05, 3.63) is 0 Å². The molecular formula is C14H25NOS. The van der Waals surface area contributed by atoms with E-state index in [1.807, 2.05) is 11.8 Å². The van der Waals surface area contributed by atoms with Gasteiger partial charge in [-0.2, -0.15) is 11.8 Å². The fourth-order valence-electron chi connectivity index (χ4n) is 3.67. The maximum atomic E-state index is 11.6. The summed E-state index contributed by atoms with van der Waals surface area (Å²) in [6, 6.07) is 0.714. The summed E-state index contributed by atoms with van der Waals surface area (Å²) in [5, 5.41) is 0. The number of Topliss-reactive ketones (excluding diaryl/α,β-unsaturated/α-hetero) is 1. The Bertz CT molecular complexity index is 269. The Hall–Kier alpha value is -0.0200. The topological polar surface area (TPSA) is 20.3 Å². The number of likely N-dealkylation sites (tertiary alicyclic amines) is 1. The van der Waals surface area contributed by atoms with Crippen LogP contribution in [-0.2, 0) is 4.79 Å². The van der Waals surface area contributed by atoms with Crippen LogP contribution in [0, 0.1) is 11.8 Å². The molecule has 2 fully saturated rings. The molecule has 2 rings (SSSR count). The Morgan fingerprint density at radius 3 is 3.00 bits per heavy atom. The summed E-state index contributed by atoms with van der Waals surface area (Å²) >= 11 is 1.96. The zero-order valence-corrected chi connectivity index (χ0v) is 12.0. The Kier molecular flexibility index (Phi) is 4.92. The number of piperidine rings is 1. The van der Waals surface area contributed by atoms with Crippen LogP contribution in [0.4, 0.5) is 0 Å². The van der Waals surface area contributed by atoms with Gasteiger partial charge in [0.2, 0.25) is 0 Å². The first-order valence-corrected chi connectivity index (χ1v) is 8.38. The summed E-state index contributed by atoms with van der Waals surface area (Å²) in [5.41, 5.74) is 0. The van der Waals surface area contributed by atoms with E-state index in [1.165, 1.54) is 31.7 Å². The Morgan fingerprint density at radius 2 is 2.29 bits per heavy atom. The van der Waals surface area contributed by atoms with E-state index in [0.29, 0.717) is 17.7 Å². The van der Waals surface area contributed by atoms with Crippen LogP contribution < -0.4 is 0 Å². The molecule has 0 aromatic carbocycles. The lowest BCUT2D eigenvalue weighted by Gasteiger charge is -2.46. The van der Waals surface area contributed by atoms with Crippen LogP contribution in [0.5, 0.6) is 0 Å². The minimum absolute atomic E-state index is 0.507. The highest BCUT2D eigenvalue weighted by Crippen LogP contribution is 2.37. The van der Waals surface area contributed by atoms with E-state index >= 15 is 0 Å². The van der Waals surface area contributed by atoms with Crippen LogP contribution in [0.2, 0.25) is 0 Å². The molecule has 0 spiro atoms. The van der Waals surface area contributed by atoms with Crippen molar-refractivity contribution in [3.8, 4) is 0 Å². The predicted octanol–water partition coefficient (Wildman–Crippen LogP) is 2.82. The van der Waals surface area contributed by atoms with Crippen molar-refractivity contribution >= 4 is 17.5 Å². The maximum absolute atomic E-state index is 11.6. The van der Waals surface area contributed by atoms with E-state index in [9.17, 15) is 4.79 Å². The fraction of sp³-hybridized carbons (Fsp3) is 0.929. The van der Waals surface area contributed by atoms with Gasteiger partial charge in [-0.1, -0.05) is 6.92 Å². The molecule has 0 amide bonds. The van der Waals surface area contributed by atoms with Gasteiger partial charge in [-0.05, 0) is 49.7 Å². The molecule has 1 heterocycles. The molecule has 3 heteroatoms. The second kappa shape index (κ2) is 6.24. The van der Waals surface area contributed by atoms with Gasteiger partial charge in [0, 0.05) is 25.4 Å². The molecule has 17 heavy (non-hydrogen) atoms. The molecule has 2 nitrogen and oxygen atoms in total. The van der Waals surface area contributed by atoms with Crippen molar-refractivity contribution in [1.82, 2.24) is 4.90 Å². The van der Waals surface area contributed by atoms with E-state index in [0.717, 1.165) is 25.2 Å². The molecule has 0 radical (unpaired) electrons. The first-order chi connectivity index (χ1) is 8.24. The molecule has 3 atom stereocenters. The van der Waals surface area contributed by atoms with Gasteiger partial charge in [-0.15, -0.1) is 0 Å². The highest BCUT2D eigenvalue weighted by molar-refractivity contribution is 7.98. The fourth-order valence-corrected chi connectivity index (χ4v) is 4.38. The van der Waals surface area contributed by atoms with Crippen LogP contribution in [0.15, 0.2) is 0 Å². The summed E-state index contributed by atoms with van der Waals surface area (Å²) in [4.78, 5) is 14.3. The Labute approximate surface area is 110 Å². The number of thioether (sulfide) groups is 1. The third-order valence-electron chi connectivity index (χ3n) is 4.26. The maximum Gasteiger partial charge on any atom is 0.133 e. The number of nitrogens with zero attached hydrogens (tertiary/aromatic N) is 1. The number of carbonyl (C=O) groups excluding carboxylic acids is 1. The van der Waals surface area contributed by atoms with Gasteiger partial charge in [0.25, 0.3) is 0 Å². The largest absolute Gasteiger partial charge is 0.300 e. The molecule has 0 aromatic heterocycles. The number of carbonyl (C=O) groups is 1. The molecule has 1 aliphatic heterocycles. The smallest absolute Gasteiger partial charge is 0.133 e. The summed E-state index contributed by atoms with van der Waals surface area (Å²) in [7, 11) is 0. The molecule has 0 bridgehead atoms. The first-order valence-electron chi connectivity index (χ1n) is 6.99. The molecule has 0 unspecified atom stereocenters. The second-order valence-electron chi connectivity index (χ2n) is 5.66. The summed E-state index contributed by atoms with van der Waals surface area (Å²) < 4.78 is 0. The van der Waals surface area contributed by atoms with E-state index < -0.39 is 0 Å². The zero-order valence-electron chi connectivity index (χ0n) is 11.2. The van der Waals surface area contributed by atoms with Gasteiger partial charge >= 0.3 is 0 Å². The minimum atomic E-state index is 0.507. The number of ketones is 1. The number of hydrogen-bond donors (Lipinski definition) is 0. The first kappa shape index (κ1) is 13.4. The predicted molar refractivity (Wildman–Crippen MR) is 74.5 cm³/mol. The van der Waals surface area contributed by atoms with E-state index in [1.54, 1.807) is 0 Å². The lowest BCUT2D eigenvalue weighted by atomic mass is 9.75. The molecule has 1 saturated carbocycles. The standard InChI is InChI=1S/C14H25NOS/c1-3-6-15-9-11(10-17-2)7-12-8-13(16)4-5-14(12)15/h11-12,14H,3-10H2,1-2H3/t11-,12+,14+/m1/s1. The minimum Gasteiger partial charge on any atom is -0.300 e. The van der Waals surface area contributed by atoms with E-state index in [4.69, 9.17) is 0 Å². The Balaban J connectivity index is 2.02. The number of rotatable bonds is 4. The SMILES string of the molecule is CCCN1C[C@H](CSC)C[C@H]2CC(=O)CC[C@@H]21. The molecule has 1 saturated heterocycles. The summed E-state index contributed by atoms with van der Waals surface area (Å²) in [5.74, 6) is 3.24. The van der Waals surface area contributed by atoms with Gasteiger partial charge in [-0.3, -0.25) is 9.69 Å². The van der Waals surface area contributed by atoms with Crippen LogP contribution >= 0.6 is 11.8 Å². The van der Waals surface area contributed by atoms with Crippen molar-refractivity contribution in [2.45, 2.75) is 45.1 Å². The Morgan fingerprint density at radius 1 is 1.47 bits per heavy atom. The molecule has 0 N–H and O–H groups in total. The average molecular weight is 255 g/mol.